The number of rotatable bonds is 3. The van der Waals surface area contributed by atoms with Gasteiger partial charge in [0.05, 0.1) is 12.5 Å². The van der Waals surface area contributed by atoms with Crippen LogP contribution in [0.2, 0.25) is 0 Å². The molecule has 0 saturated heterocycles. The minimum Gasteiger partial charge on any atom is -0.361 e. The number of nitrogens with one attached hydrogen (secondary N) is 2. The highest BCUT2D eigenvalue weighted by Gasteiger charge is 2.07. The molecule has 3 aromatic rings. The normalized spacial score (nSPS) is 10.2. The fourth-order valence-electron chi connectivity index (χ4n) is 2.20. The summed E-state index contributed by atoms with van der Waals surface area (Å²) < 4.78 is 0. The van der Waals surface area contributed by atoms with Crippen LogP contribution in [0.3, 0.4) is 0 Å². The molecule has 4 nitrogen and oxygen atoms in total. The fraction of sp³-hybridized carbons (Fsp3) is 0.0588. The van der Waals surface area contributed by atoms with Crippen LogP contribution in [0.15, 0.2) is 54.7 Å². The summed E-state index contributed by atoms with van der Waals surface area (Å²) in [5, 5.41) is 12.5. The summed E-state index contributed by atoms with van der Waals surface area (Å²) in [6.07, 6.45) is 2.22. The maximum absolute atomic E-state index is 12.2. The van der Waals surface area contributed by atoms with Crippen LogP contribution in [-0.4, -0.2) is 10.9 Å². The van der Waals surface area contributed by atoms with Gasteiger partial charge < -0.3 is 10.3 Å². The number of aromatic amines is 1. The number of hydrogen-bond acceptors (Lipinski definition) is 2. The van der Waals surface area contributed by atoms with Crippen molar-refractivity contribution in [3.8, 4) is 6.07 Å². The molecular formula is C17H13N3O. The van der Waals surface area contributed by atoms with Crippen LogP contribution < -0.4 is 5.32 Å². The topological polar surface area (TPSA) is 68.7 Å². The molecule has 102 valence electrons. The molecule has 0 atom stereocenters. The monoisotopic (exact) mass is 275 g/mol. The first kappa shape index (κ1) is 12.9. The van der Waals surface area contributed by atoms with Crippen molar-refractivity contribution in [3.05, 3.63) is 65.9 Å². The van der Waals surface area contributed by atoms with E-state index in [2.05, 4.69) is 16.4 Å². The molecule has 1 aromatic heterocycles. The van der Waals surface area contributed by atoms with Gasteiger partial charge in [-0.25, -0.2) is 0 Å². The van der Waals surface area contributed by atoms with Crippen LogP contribution in [0.25, 0.3) is 10.9 Å². The molecule has 3 rings (SSSR count). The van der Waals surface area contributed by atoms with E-state index in [1.165, 1.54) is 0 Å². The second-order valence-electron chi connectivity index (χ2n) is 4.77. The van der Waals surface area contributed by atoms with Crippen molar-refractivity contribution in [2.75, 3.05) is 5.32 Å². The number of carbonyl (C=O) groups excluding carboxylic acids is 1. The highest BCUT2D eigenvalue weighted by atomic mass is 16.1. The van der Waals surface area contributed by atoms with Gasteiger partial charge in [0.2, 0.25) is 0 Å². The number of amides is 1. The predicted molar refractivity (Wildman–Crippen MR) is 82.0 cm³/mol. The lowest BCUT2D eigenvalue weighted by Crippen LogP contribution is -2.11. The Hall–Kier alpha value is -3.06. The molecule has 0 bridgehead atoms. The fourth-order valence-corrected chi connectivity index (χ4v) is 2.20. The lowest BCUT2D eigenvalue weighted by atomic mass is 10.1. The molecule has 0 unspecified atom stereocenters. The second-order valence-corrected chi connectivity index (χ2v) is 4.77. The summed E-state index contributed by atoms with van der Waals surface area (Å²) in [4.78, 5) is 15.3. The molecule has 4 heteroatoms. The van der Waals surface area contributed by atoms with E-state index in [0.717, 1.165) is 22.2 Å². The number of carbonyl (C=O) groups is 1. The van der Waals surface area contributed by atoms with Gasteiger partial charge in [0.25, 0.3) is 5.91 Å². The summed E-state index contributed by atoms with van der Waals surface area (Å²) in [6, 6.07) is 16.9. The maximum atomic E-state index is 12.2. The van der Waals surface area contributed by atoms with Crippen molar-refractivity contribution < 1.29 is 4.79 Å². The predicted octanol–water partition coefficient (Wildman–Crippen LogP) is 3.49. The van der Waals surface area contributed by atoms with Crippen molar-refractivity contribution in [1.29, 1.82) is 5.26 Å². The summed E-state index contributed by atoms with van der Waals surface area (Å²) in [5.41, 5.74) is 3.27. The van der Waals surface area contributed by atoms with Crippen LogP contribution in [0.4, 0.5) is 5.69 Å². The molecule has 0 saturated carbocycles. The molecule has 0 aliphatic rings. The number of anilines is 1. The average molecular weight is 275 g/mol. The Morgan fingerprint density at radius 1 is 1.14 bits per heavy atom. The third-order valence-corrected chi connectivity index (χ3v) is 3.31. The van der Waals surface area contributed by atoms with E-state index in [1.54, 1.807) is 18.2 Å². The van der Waals surface area contributed by atoms with Crippen molar-refractivity contribution in [2.45, 2.75) is 6.42 Å². The van der Waals surface area contributed by atoms with E-state index >= 15 is 0 Å². The molecule has 1 heterocycles. The minimum absolute atomic E-state index is 0.147. The van der Waals surface area contributed by atoms with E-state index in [4.69, 9.17) is 5.26 Å². The third kappa shape index (κ3) is 2.77. The number of hydrogen-bond donors (Lipinski definition) is 2. The largest absolute Gasteiger partial charge is 0.361 e. The number of H-pyrrole nitrogens is 1. The van der Waals surface area contributed by atoms with Gasteiger partial charge in [-0.1, -0.05) is 12.1 Å². The van der Waals surface area contributed by atoms with Crippen LogP contribution in [0.1, 0.15) is 15.9 Å². The van der Waals surface area contributed by atoms with Gasteiger partial charge in [-0.05, 0) is 42.0 Å². The van der Waals surface area contributed by atoms with Crippen LogP contribution in [-0.2, 0) is 6.42 Å². The summed E-state index contributed by atoms with van der Waals surface area (Å²) >= 11 is 0. The number of nitrogens with zero attached hydrogens (tertiary/aromatic N) is 1. The zero-order chi connectivity index (χ0) is 14.7. The van der Waals surface area contributed by atoms with Crippen LogP contribution in [0.5, 0.6) is 0 Å². The second kappa shape index (κ2) is 5.51. The molecule has 0 spiro atoms. The third-order valence-electron chi connectivity index (χ3n) is 3.31. The average Bonchev–Trinajstić information content (AvgIpc) is 2.97. The van der Waals surface area contributed by atoms with Gasteiger partial charge in [0.1, 0.15) is 0 Å². The molecule has 0 fully saturated rings. The zero-order valence-corrected chi connectivity index (χ0v) is 11.3. The molecular weight excluding hydrogens is 262 g/mol. The van der Waals surface area contributed by atoms with Crippen molar-refractivity contribution in [1.82, 2.24) is 4.98 Å². The lowest BCUT2D eigenvalue weighted by molar-refractivity contribution is 0.102. The SMILES string of the molecule is N#CCc1ccc(NC(=O)c2ccc3[nH]ccc3c2)cc1. The Morgan fingerprint density at radius 3 is 2.71 bits per heavy atom. The van der Waals surface area contributed by atoms with E-state index < -0.39 is 0 Å². The Kier molecular flexibility index (Phi) is 3.40. The summed E-state index contributed by atoms with van der Waals surface area (Å²) in [5.74, 6) is -0.147. The molecule has 1 amide bonds. The van der Waals surface area contributed by atoms with Gasteiger partial charge in [-0.15, -0.1) is 0 Å². The van der Waals surface area contributed by atoms with E-state index in [-0.39, 0.29) is 5.91 Å². The summed E-state index contributed by atoms with van der Waals surface area (Å²) in [6.45, 7) is 0. The number of aromatic nitrogens is 1. The minimum atomic E-state index is -0.147. The van der Waals surface area contributed by atoms with Gasteiger partial charge in [0.15, 0.2) is 0 Å². The molecule has 2 aromatic carbocycles. The first-order valence-electron chi connectivity index (χ1n) is 6.60. The van der Waals surface area contributed by atoms with Gasteiger partial charge in [-0.3, -0.25) is 4.79 Å². The highest BCUT2D eigenvalue weighted by Crippen LogP contribution is 2.16. The number of fused-ring (bicyclic) bond motifs is 1. The van der Waals surface area contributed by atoms with E-state index in [9.17, 15) is 4.79 Å². The van der Waals surface area contributed by atoms with Crippen LogP contribution in [0, 0.1) is 11.3 Å². The number of benzene rings is 2. The molecule has 0 aliphatic carbocycles. The van der Waals surface area contributed by atoms with Crippen molar-refractivity contribution in [3.63, 3.8) is 0 Å². The maximum Gasteiger partial charge on any atom is 0.255 e. The Bertz CT molecular complexity index is 825. The first-order valence-corrected chi connectivity index (χ1v) is 6.60. The quantitative estimate of drug-likeness (QED) is 0.768. The number of nitriles is 1. The lowest BCUT2D eigenvalue weighted by Gasteiger charge is -2.06. The highest BCUT2D eigenvalue weighted by molar-refractivity contribution is 6.06. The molecule has 21 heavy (non-hydrogen) atoms. The van der Waals surface area contributed by atoms with Crippen LogP contribution >= 0.6 is 0 Å². The molecule has 0 aliphatic heterocycles. The van der Waals surface area contributed by atoms with Gasteiger partial charge in [-0.2, -0.15) is 5.26 Å². The van der Waals surface area contributed by atoms with Crippen molar-refractivity contribution in [2.24, 2.45) is 0 Å². The van der Waals surface area contributed by atoms with Gasteiger partial charge in [0, 0.05) is 28.4 Å². The molecule has 0 radical (unpaired) electrons. The van der Waals surface area contributed by atoms with Crippen molar-refractivity contribution >= 4 is 22.5 Å². The standard InChI is InChI=1S/C17H13N3O/c18-9-7-12-1-4-15(5-2-12)20-17(21)14-3-6-16-13(11-14)8-10-19-16/h1-6,8,10-11,19H,7H2,(H,20,21). The Balaban J connectivity index is 1.77. The van der Waals surface area contributed by atoms with Gasteiger partial charge >= 0.3 is 0 Å². The Labute approximate surface area is 122 Å². The first-order chi connectivity index (χ1) is 10.3. The Morgan fingerprint density at radius 2 is 1.95 bits per heavy atom. The van der Waals surface area contributed by atoms with E-state index in [1.807, 2.05) is 36.5 Å². The zero-order valence-electron chi connectivity index (χ0n) is 11.3. The summed E-state index contributed by atoms with van der Waals surface area (Å²) in [7, 11) is 0. The van der Waals surface area contributed by atoms with E-state index in [0.29, 0.717) is 12.0 Å². The smallest absolute Gasteiger partial charge is 0.255 e. The molecule has 2 N–H and O–H groups in total.